The number of carbonyl (C=O) groups excluding carboxylic acids is 1. The molecule has 0 radical (unpaired) electrons. The van der Waals surface area contributed by atoms with Gasteiger partial charge < -0.3 is 5.11 Å². The number of rotatable bonds is 6. The summed E-state index contributed by atoms with van der Waals surface area (Å²) in [5, 5.41) is 8.77. The number of halogens is 2. The highest BCUT2D eigenvalue weighted by atomic mass is 19.2. The fourth-order valence-electron chi connectivity index (χ4n) is 1.45. The standard InChI is InChI=1S/C12H15F2NO2/c1-2-15(5-6-16)8-12(17)9-3-4-10(13)11(14)7-9/h3-4,7,16H,2,5-6,8H2,1H3. The number of aliphatic hydroxyl groups is 1. The maximum absolute atomic E-state index is 12.9. The van der Waals surface area contributed by atoms with Gasteiger partial charge in [0.15, 0.2) is 17.4 Å². The topological polar surface area (TPSA) is 40.5 Å². The van der Waals surface area contributed by atoms with Crippen molar-refractivity contribution in [1.82, 2.24) is 4.90 Å². The molecule has 0 heterocycles. The molecule has 3 nitrogen and oxygen atoms in total. The van der Waals surface area contributed by atoms with Crippen LogP contribution in [0, 0.1) is 11.6 Å². The molecular weight excluding hydrogens is 228 g/mol. The number of nitrogens with zero attached hydrogens (tertiary/aromatic N) is 1. The maximum atomic E-state index is 12.9. The van der Waals surface area contributed by atoms with Crippen LogP contribution in [0.4, 0.5) is 8.78 Å². The van der Waals surface area contributed by atoms with Crippen LogP contribution in [0.15, 0.2) is 18.2 Å². The molecule has 1 N–H and O–H groups in total. The molecule has 1 aromatic carbocycles. The molecule has 17 heavy (non-hydrogen) atoms. The third-order valence-corrected chi connectivity index (χ3v) is 2.47. The number of ketones is 1. The lowest BCUT2D eigenvalue weighted by Gasteiger charge is -2.17. The molecule has 0 bridgehead atoms. The highest BCUT2D eigenvalue weighted by Crippen LogP contribution is 2.09. The quantitative estimate of drug-likeness (QED) is 0.769. The average molecular weight is 243 g/mol. The molecule has 1 rings (SSSR count). The van der Waals surface area contributed by atoms with Gasteiger partial charge in [-0.25, -0.2) is 8.78 Å². The van der Waals surface area contributed by atoms with E-state index < -0.39 is 11.6 Å². The van der Waals surface area contributed by atoms with Crippen molar-refractivity contribution in [3.05, 3.63) is 35.4 Å². The van der Waals surface area contributed by atoms with Crippen molar-refractivity contribution >= 4 is 5.78 Å². The van der Waals surface area contributed by atoms with Gasteiger partial charge in [0.2, 0.25) is 0 Å². The van der Waals surface area contributed by atoms with Gasteiger partial charge in [0.1, 0.15) is 0 Å². The first-order valence-electron chi connectivity index (χ1n) is 5.40. The molecule has 94 valence electrons. The van der Waals surface area contributed by atoms with Crippen LogP contribution in [0.5, 0.6) is 0 Å². The van der Waals surface area contributed by atoms with E-state index in [9.17, 15) is 13.6 Å². The Hall–Kier alpha value is -1.33. The van der Waals surface area contributed by atoms with Gasteiger partial charge in [0, 0.05) is 12.1 Å². The molecule has 0 aromatic heterocycles. The summed E-state index contributed by atoms with van der Waals surface area (Å²) in [5.41, 5.74) is 0.139. The summed E-state index contributed by atoms with van der Waals surface area (Å²) >= 11 is 0. The van der Waals surface area contributed by atoms with E-state index >= 15 is 0 Å². The van der Waals surface area contributed by atoms with Crippen molar-refractivity contribution in [3.8, 4) is 0 Å². The summed E-state index contributed by atoms with van der Waals surface area (Å²) < 4.78 is 25.6. The van der Waals surface area contributed by atoms with E-state index in [0.29, 0.717) is 13.1 Å². The monoisotopic (exact) mass is 243 g/mol. The SMILES string of the molecule is CCN(CCO)CC(=O)c1ccc(F)c(F)c1. The Balaban J connectivity index is 2.72. The van der Waals surface area contributed by atoms with Crippen LogP contribution in [-0.2, 0) is 0 Å². The molecular formula is C12H15F2NO2. The summed E-state index contributed by atoms with van der Waals surface area (Å²) in [6.07, 6.45) is 0. The van der Waals surface area contributed by atoms with Crippen molar-refractivity contribution in [3.63, 3.8) is 0 Å². The van der Waals surface area contributed by atoms with E-state index in [-0.39, 0.29) is 24.5 Å². The summed E-state index contributed by atoms with van der Waals surface area (Å²) in [6.45, 7) is 2.89. The van der Waals surface area contributed by atoms with E-state index in [2.05, 4.69) is 0 Å². The molecule has 0 spiro atoms. The third kappa shape index (κ3) is 3.87. The van der Waals surface area contributed by atoms with Crippen LogP contribution in [-0.4, -0.2) is 42.0 Å². The minimum Gasteiger partial charge on any atom is -0.395 e. The van der Waals surface area contributed by atoms with E-state index in [4.69, 9.17) is 5.11 Å². The van der Waals surface area contributed by atoms with Crippen LogP contribution in [0.3, 0.4) is 0 Å². The Labute approximate surface area is 98.7 Å². The molecule has 0 atom stereocenters. The van der Waals surface area contributed by atoms with Crippen LogP contribution < -0.4 is 0 Å². The lowest BCUT2D eigenvalue weighted by Crippen LogP contribution is -2.32. The second-order valence-electron chi connectivity index (χ2n) is 3.64. The van der Waals surface area contributed by atoms with Crippen LogP contribution in [0.1, 0.15) is 17.3 Å². The number of benzene rings is 1. The third-order valence-electron chi connectivity index (χ3n) is 2.47. The maximum Gasteiger partial charge on any atom is 0.176 e. The molecule has 5 heteroatoms. The first kappa shape index (κ1) is 13.7. The number of likely N-dealkylation sites (N-methyl/N-ethyl adjacent to an activating group) is 1. The van der Waals surface area contributed by atoms with Crippen molar-refractivity contribution in [2.75, 3.05) is 26.2 Å². The van der Waals surface area contributed by atoms with Crippen molar-refractivity contribution in [2.45, 2.75) is 6.92 Å². The second kappa shape index (κ2) is 6.42. The van der Waals surface area contributed by atoms with Gasteiger partial charge in [0.25, 0.3) is 0 Å². The van der Waals surface area contributed by atoms with Crippen molar-refractivity contribution in [1.29, 1.82) is 0 Å². The van der Waals surface area contributed by atoms with Gasteiger partial charge >= 0.3 is 0 Å². The fourth-order valence-corrected chi connectivity index (χ4v) is 1.45. The molecule has 0 amide bonds. The predicted molar refractivity (Wildman–Crippen MR) is 59.9 cm³/mol. The summed E-state index contributed by atoms with van der Waals surface area (Å²) in [6, 6.07) is 3.09. The van der Waals surface area contributed by atoms with Gasteiger partial charge in [-0.15, -0.1) is 0 Å². The number of hydrogen-bond donors (Lipinski definition) is 1. The van der Waals surface area contributed by atoms with Crippen molar-refractivity contribution in [2.24, 2.45) is 0 Å². The smallest absolute Gasteiger partial charge is 0.176 e. The summed E-state index contributed by atoms with van der Waals surface area (Å²) in [4.78, 5) is 13.5. The normalized spacial score (nSPS) is 10.9. The Morgan fingerprint density at radius 2 is 2.06 bits per heavy atom. The summed E-state index contributed by atoms with van der Waals surface area (Å²) in [5.74, 6) is -2.29. The average Bonchev–Trinajstić information content (AvgIpc) is 2.31. The Bertz CT molecular complexity index is 396. The molecule has 0 aliphatic rings. The minimum absolute atomic E-state index is 0.0428. The Kier molecular flexibility index (Phi) is 5.18. The molecule has 0 aliphatic heterocycles. The van der Waals surface area contributed by atoms with Gasteiger partial charge in [0.05, 0.1) is 13.2 Å². The molecule has 0 fully saturated rings. The Morgan fingerprint density at radius 3 is 2.59 bits per heavy atom. The largest absolute Gasteiger partial charge is 0.395 e. The zero-order chi connectivity index (χ0) is 12.8. The summed E-state index contributed by atoms with van der Waals surface area (Å²) in [7, 11) is 0. The van der Waals surface area contributed by atoms with Crippen molar-refractivity contribution < 1.29 is 18.7 Å². The molecule has 0 saturated heterocycles. The minimum atomic E-state index is -1.03. The fraction of sp³-hybridized carbons (Fsp3) is 0.417. The van der Waals surface area contributed by atoms with Gasteiger partial charge in [-0.1, -0.05) is 6.92 Å². The van der Waals surface area contributed by atoms with Crippen LogP contribution in [0.2, 0.25) is 0 Å². The lowest BCUT2D eigenvalue weighted by atomic mass is 10.1. The number of Topliss-reactive ketones (excluding diaryl/α,β-unsaturated/α-hetero) is 1. The molecule has 0 unspecified atom stereocenters. The zero-order valence-electron chi connectivity index (χ0n) is 9.62. The highest BCUT2D eigenvalue weighted by Gasteiger charge is 2.13. The number of hydrogen-bond acceptors (Lipinski definition) is 3. The van der Waals surface area contributed by atoms with Crippen LogP contribution in [0.25, 0.3) is 0 Å². The number of aliphatic hydroxyl groups excluding tert-OH is 1. The van der Waals surface area contributed by atoms with Crippen LogP contribution >= 0.6 is 0 Å². The van der Waals surface area contributed by atoms with E-state index in [1.54, 1.807) is 4.90 Å². The number of carbonyl (C=O) groups is 1. The first-order valence-corrected chi connectivity index (χ1v) is 5.40. The van der Waals surface area contributed by atoms with E-state index in [0.717, 1.165) is 12.1 Å². The van der Waals surface area contributed by atoms with Gasteiger partial charge in [-0.05, 0) is 24.7 Å². The molecule has 0 saturated carbocycles. The van der Waals surface area contributed by atoms with Gasteiger partial charge in [-0.2, -0.15) is 0 Å². The molecule has 0 aliphatic carbocycles. The molecule has 1 aromatic rings. The second-order valence-corrected chi connectivity index (χ2v) is 3.64. The van der Waals surface area contributed by atoms with E-state index in [1.807, 2.05) is 6.92 Å². The highest BCUT2D eigenvalue weighted by molar-refractivity contribution is 5.97. The van der Waals surface area contributed by atoms with E-state index in [1.165, 1.54) is 6.07 Å². The Morgan fingerprint density at radius 1 is 1.35 bits per heavy atom. The first-order chi connectivity index (χ1) is 8.08. The lowest BCUT2D eigenvalue weighted by molar-refractivity contribution is 0.0919. The van der Waals surface area contributed by atoms with Gasteiger partial charge in [-0.3, -0.25) is 9.69 Å². The zero-order valence-corrected chi connectivity index (χ0v) is 9.62. The predicted octanol–water partition coefficient (Wildman–Crippen LogP) is 1.46.